The minimum atomic E-state index is -0.178. The van der Waals surface area contributed by atoms with Gasteiger partial charge in [-0.15, -0.1) is 0 Å². The third kappa shape index (κ3) is 3.44. The van der Waals surface area contributed by atoms with E-state index in [9.17, 15) is 9.59 Å². The molecule has 2 aromatic heterocycles. The number of likely N-dealkylation sites (tertiary alicyclic amines) is 1. The fourth-order valence-corrected chi connectivity index (χ4v) is 3.69. The van der Waals surface area contributed by atoms with Crippen LogP contribution in [0.4, 0.5) is 0 Å². The van der Waals surface area contributed by atoms with Crippen molar-refractivity contribution < 1.29 is 9.21 Å². The Balaban J connectivity index is 1.40. The van der Waals surface area contributed by atoms with Crippen LogP contribution in [0.3, 0.4) is 0 Å². The van der Waals surface area contributed by atoms with Gasteiger partial charge in [-0.2, -0.15) is 0 Å². The van der Waals surface area contributed by atoms with Gasteiger partial charge < -0.3 is 13.9 Å². The number of carbonyl (C=O) groups is 1. The lowest BCUT2D eigenvalue weighted by molar-refractivity contribution is -0.133. The van der Waals surface area contributed by atoms with Gasteiger partial charge in [0, 0.05) is 35.7 Å². The number of amides is 1. The highest BCUT2D eigenvalue weighted by Gasteiger charge is 2.27. The second-order valence-corrected chi connectivity index (χ2v) is 7.40. The molecule has 3 aromatic rings. The van der Waals surface area contributed by atoms with E-state index in [1.165, 1.54) is 10.6 Å². The van der Waals surface area contributed by atoms with E-state index in [2.05, 4.69) is 20.9 Å². The standard InChI is InChI=1S/C19H18BrN3O3/c20-14-5-6-17(24)23(11-14)12-18(25)22-9-7-13(8-10-22)19-21-15-3-1-2-4-16(15)26-19/h1-6,11,13H,7-10,12H2. The van der Waals surface area contributed by atoms with Crippen molar-refractivity contribution in [2.45, 2.75) is 25.3 Å². The lowest BCUT2D eigenvalue weighted by Gasteiger charge is -2.30. The number of piperidine rings is 1. The normalized spacial score (nSPS) is 15.5. The minimum absolute atomic E-state index is 0.0405. The van der Waals surface area contributed by atoms with E-state index in [1.807, 2.05) is 29.2 Å². The molecule has 1 saturated heterocycles. The third-order valence-corrected chi connectivity index (χ3v) is 5.23. The summed E-state index contributed by atoms with van der Waals surface area (Å²) < 4.78 is 8.07. The Kier molecular flexibility index (Phi) is 4.63. The van der Waals surface area contributed by atoms with Crippen LogP contribution in [0.5, 0.6) is 0 Å². The summed E-state index contributed by atoms with van der Waals surface area (Å²) in [6.07, 6.45) is 3.27. The zero-order valence-corrected chi connectivity index (χ0v) is 15.7. The first-order chi connectivity index (χ1) is 12.6. The summed E-state index contributed by atoms with van der Waals surface area (Å²) in [7, 11) is 0. The van der Waals surface area contributed by atoms with Crippen molar-refractivity contribution in [2.75, 3.05) is 13.1 Å². The summed E-state index contributed by atoms with van der Waals surface area (Å²) in [5.74, 6) is 0.933. The Morgan fingerprint density at radius 3 is 2.73 bits per heavy atom. The number of nitrogens with zero attached hydrogens (tertiary/aromatic N) is 3. The van der Waals surface area contributed by atoms with Gasteiger partial charge in [-0.05, 0) is 47.0 Å². The summed E-state index contributed by atoms with van der Waals surface area (Å²) in [4.78, 5) is 30.8. The van der Waals surface area contributed by atoms with Gasteiger partial charge >= 0.3 is 0 Å². The van der Waals surface area contributed by atoms with E-state index in [4.69, 9.17) is 4.42 Å². The molecular weight excluding hydrogens is 398 g/mol. The molecule has 1 aromatic carbocycles. The number of pyridine rings is 1. The molecule has 0 unspecified atom stereocenters. The highest BCUT2D eigenvalue weighted by molar-refractivity contribution is 9.10. The van der Waals surface area contributed by atoms with Crippen LogP contribution in [0, 0.1) is 0 Å². The largest absolute Gasteiger partial charge is 0.440 e. The number of fused-ring (bicyclic) bond motifs is 1. The number of carbonyl (C=O) groups excluding carboxylic acids is 1. The Morgan fingerprint density at radius 1 is 1.19 bits per heavy atom. The molecule has 1 aliphatic rings. The lowest BCUT2D eigenvalue weighted by atomic mass is 9.97. The second-order valence-electron chi connectivity index (χ2n) is 6.49. The van der Waals surface area contributed by atoms with Crippen molar-refractivity contribution in [2.24, 2.45) is 0 Å². The maximum absolute atomic E-state index is 12.5. The van der Waals surface area contributed by atoms with Crippen molar-refractivity contribution in [3.8, 4) is 0 Å². The highest BCUT2D eigenvalue weighted by Crippen LogP contribution is 2.29. The smallest absolute Gasteiger partial charge is 0.251 e. The molecule has 0 radical (unpaired) electrons. The first-order valence-corrected chi connectivity index (χ1v) is 9.39. The fraction of sp³-hybridized carbons (Fsp3) is 0.316. The summed E-state index contributed by atoms with van der Waals surface area (Å²) in [5.41, 5.74) is 1.49. The van der Waals surface area contributed by atoms with Gasteiger partial charge in [0.25, 0.3) is 5.56 Å². The topological polar surface area (TPSA) is 68.3 Å². The molecule has 0 N–H and O–H groups in total. The van der Waals surface area contributed by atoms with Crippen LogP contribution < -0.4 is 5.56 Å². The number of aromatic nitrogens is 2. The Bertz CT molecular complexity index is 969. The number of halogens is 1. The van der Waals surface area contributed by atoms with Crippen molar-refractivity contribution in [1.29, 1.82) is 0 Å². The average Bonchev–Trinajstić information content (AvgIpc) is 3.09. The molecule has 1 aliphatic heterocycles. The predicted molar refractivity (Wildman–Crippen MR) is 101 cm³/mol. The molecule has 1 amide bonds. The predicted octanol–water partition coefficient (Wildman–Crippen LogP) is 3.16. The Labute approximate surface area is 158 Å². The molecule has 0 bridgehead atoms. The van der Waals surface area contributed by atoms with Crippen molar-refractivity contribution in [1.82, 2.24) is 14.5 Å². The van der Waals surface area contributed by atoms with Gasteiger partial charge in [0.15, 0.2) is 11.5 Å². The molecule has 4 rings (SSSR count). The summed E-state index contributed by atoms with van der Waals surface area (Å²) >= 11 is 3.33. The first-order valence-electron chi connectivity index (χ1n) is 8.59. The number of rotatable bonds is 3. The Hall–Kier alpha value is -2.41. The highest BCUT2D eigenvalue weighted by atomic mass is 79.9. The van der Waals surface area contributed by atoms with E-state index in [1.54, 1.807) is 12.3 Å². The van der Waals surface area contributed by atoms with Crippen LogP contribution in [0.25, 0.3) is 11.1 Å². The molecule has 0 aliphatic carbocycles. The van der Waals surface area contributed by atoms with Crippen LogP contribution in [-0.4, -0.2) is 33.4 Å². The van der Waals surface area contributed by atoms with Crippen LogP contribution in [0.1, 0.15) is 24.7 Å². The quantitative estimate of drug-likeness (QED) is 0.658. The minimum Gasteiger partial charge on any atom is -0.440 e. The summed E-state index contributed by atoms with van der Waals surface area (Å²) in [6, 6.07) is 10.9. The molecule has 0 atom stereocenters. The van der Waals surface area contributed by atoms with Gasteiger partial charge in [-0.25, -0.2) is 4.98 Å². The maximum Gasteiger partial charge on any atom is 0.251 e. The van der Waals surface area contributed by atoms with Crippen LogP contribution in [0.15, 0.2) is 56.3 Å². The third-order valence-electron chi connectivity index (χ3n) is 4.76. The van der Waals surface area contributed by atoms with Crippen LogP contribution >= 0.6 is 15.9 Å². The van der Waals surface area contributed by atoms with E-state index in [-0.39, 0.29) is 23.9 Å². The van der Waals surface area contributed by atoms with Gasteiger partial charge in [-0.1, -0.05) is 12.1 Å². The summed E-state index contributed by atoms with van der Waals surface area (Å²) in [5, 5.41) is 0. The number of para-hydroxylation sites is 2. The van der Waals surface area contributed by atoms with Gasteiger partial charge in [0.1, 0.15) is 12.1 Å². The van der Waals surface area contributed by atoms with E-state index in [0.29, 0.717) is 13.1 Å². The molecule has 26 heavy (non-hydrogen) atoms. The van der Waals surface area contributed by atoms with Crippen LogP contribution in [0.2, 0.25) is 0 Å². The number of benzene rings is 1. The SMILES string of the molecule is O=C(Cn1cc(Br)ccc1=O)N1CCC(c2nc3ccccc3o2)CC1. The molecule has 6 nitrogen and oxygen atoms in total. The molecule has 0 spiro atoms. The average molecular weight is 416 g/mol. The second kappa shape index (κ2) is 7.07. The van der Waals surface area contributed by atoms with Crippen molar-refractivity contribution in [3.63, 3.8) is 0 Å². The van der Waals surface area contributed by atoms with E-state index < -0.39 is 0 Å². The van der Waals surface area contributed by atoms with Gasteiger partial charge in [-0.3, -0.25) is 9.59 Å². The number of hydrogen-bond acceptors (Lipinski definition) is 4. The van der Waals surface area contributed by atoms with Crippen LogP contribution in [-0.2, 0) is 11.3 Å². The number of hydrogen-bond donors (Lipinski definition) is 0. The zero-order chi connectivity index (χ0) is 18.1. The van der Waals surface area contributed by atoms with E-state index >= 15 is 0 Å². The molecule has 1 fully saturated rings. The maximum atomic E-state index is 12.5. The van der Waals surface area contributed by atoms with Gasteiger partial charge in [0.2, 0.25) is 5.91 Å². The first kappa shape index (κ1) is 17.0. The molecule has 3 heterocycles. The molecule has 134 valence electrons. The fourth-order valence-electron chi connectivity index (χ4n) is 3.31. The molecule has 7 heteroatoms. The van der Waals surface area contributed by atoms with E-state index in [0.717, 1.165) is 34.3 Å². The molecule has 0 saturated carbocycles. The van der Waals surface area contributed by atoms with Crippen molar-refractivity contribution >= 4 is 32.9 Å². The zero-order valence-electron chi connectivity index (χ0n) is 14.1. The van der Waals surface area contributed by atoms with Crippen molar-refractivity contribution in [3.05, 3.63) is 63.3 Å². The van der Waals surface area contributed by atoms with Gasteiger partial charge in [0.05, 0.1) is 0 Å². The summed E-state index contributed by atoms with van der Waals surface area (Å²) in [6.45, 7) is 1.35. The lowest BCUT2D eigenvalue weighted by Crippen LogP contribution is -2.41. The number of oxazole rings is 1. The Morgan fingerprint density at radius 2 is 1.96 bits per heavy atom. The molecular formula is C19H18BrN3O3. The monoisotopic (exact) mass is 415 g/mol.